The van der Waals surface area contributed by atoms with Gasteiger partial charge in [0.1, 0.15) is 41.5 Å². The molecule has 2 aromatic rings. The number of carbonyl (C=O) groups is 1. The van der Waals surface area contributed by atoms with Gasteiger partial charge >= 0.3 is 0 Å². The fourth-order valence-electron chi connectivity index (χ4n) is 3.03. The third kappa shape index (κ3) is 4.45. The van der Waals surface area contributed by atoms with Gasteiger partial charge in [-0.1, -0.05) is 0 Å². The lowest BCUT2D eigenvalue weighted by molar-refractivity contribution is -0.121. The van der Waals surface area contributed by atoms with Crippen LogP contribution in [0, 0.1) is 22.8 Å². The number of nitrogens with zero attached hydrogens (tertiary/aromatic N) is 6. The van der Waals surface area contributed by atoms with Gasteiger partial charge in [0.25, 0.3) is 5.91 Å². The molecule has 0 bridgehead atoms. The van der Waals surface area contributed by atoms with Crippen molar-refractivity contribution < 1.29 is 14.3 Å². The third-order valence-corrected chi connectivity index (χ3v) is 5.45. The fourth-order valence-corrected chi connectivity index (χ4v) is 3.81. The Morgan fingerprint density at radius 2 is 2.21 bits per heavy atom. The van der Waals surface area contributed by atoms with Crippen molar-refractivity contribution in [3.05, 3.63) is 23.2 Å². The van der Waals surface area contributed by atoms with Gasteiger partial charge in [0, 0.05) is 26.1 Å². The molecule has 10 heteroatoms. The van der Waals surface area contributed by atoms with Gasteiger partial charge in [-0.2, -0.15) is 10.5 Å². The van der Waals surface area contributed by atoms with E-state index in [1.54, 1.807) is 31.7 Å². The summed E-state index contributed by atoms with van der Waals surface area (Å²) in [5.74, 6) is 0.318. The highest BCUT2D eigenvalue weighted by atomic mass is 32.1. The number of hydrogen-bond acceptors (Lipinski definition) is 9. The first kappa shape index (κ1) is 20.5. The Kier molecular flexibility index (Phi) is 6.60. The maximum Gasteiger partial charge on any atom is 0.251 e. The zero-order valence-electron chi connectivity index (χ0n) is 16.2. The van der Waals surface area contributed by atoms with Gasteiger partial charge in [0.15, 0.2) is 11.3 Å². The lowest BCUT2D eigenvalue weighted by Crippen LogP contribution is -2.42. The van der Waals surface area contributed by atoms with Gasteiger partial charge in [-0.25, -0.2) is 9.97 Å². The minimum atomic E-state index is -0.453. The summed E-state index contributed by atoms with van der Waals surface area (Å²) in [7, 11) is 3.23. The molecule has 0 aromatic carbocycles. The van der Waals surface area contributed by atoms with Crippen molar-refractivity contribution in [3.63, 3.8) is 0 Å². The number of anilines is 1. The van der Waals surface area contributed by atoms with Gasteiger partial charge < -0.3 is 9.47 Å². The molecule has 3 heterocycles. The first-order valence-electron chi connectivity index (χ1n) is 9.01. The number of nitriles is 2. The first-order chi connectivity index (χ1) is 14.1. The molecule has 1 aliphatic rings. The van der Waals surface area contributed by atoms with Crippen LogP contribution in [0.2, 0.25) is 0 Å². The normalized spacial score (nSPS) is 15.6. The maximum atomic E-state index is 12.8. The van der Waals surface area contributed by atoms with Crippen LogP contribution in [0.1, 0.15) is 18.5 Å². The average Bonchev–Trinajstić information content (AvgIpc) is 3.42. The molecule has 2 aromatic heterocycles. The van der Waals surface area contributed by atoms with Crippen LogP contribution in [-0.4, -0.2) is 60.7 Å². The molecular formula is C19H20N6O3S. The van der Waals surface area contributed by atoms with E-state index in [-0.39, 0.29) is 11.6 Å². The Hall–Kier alpha value is -3.21. The number of methoxy groups -OCH3 is 1. The molecule has 0 N–H and O–H groups in total. The van der Waals surface area contributed by atoms with E-state index in [4.69, 9.17) is 9.47 Å². The molecule has 0 saturated carbocycles. The molecule has 1 atom stereocenters. The number of thiazole rings is 1. The highest BCUT2D eigenvalue weighted by molar-refractivity contribution is 7.14. The maximum absolute atomic E-state index is 12.8. The second kappa shape index (κ2) is 9.32. The Morgan fingerprint density at radius 1 is 1.38 bits per heavy atom. The molecule has 1 saturated heterocycles. The number of amides is 1. The summed E-state index contributed by atoms with van der Waals surface area (Å²) >= 11 is 1.29. The minimum absolute atomic E-state index is 0.166. The molecule has 3 rings (SSSR count). The van der Waals surface area contributed by atoms with E-state index >= 15 is 0 Å². The predicted molar refractivity (Wildman–Crippen MR) is 106 cm³/mol. The highest BCUT2D eigenvalue weighted by Gasteiger charge is 2.33. The van der Waals surface area contributed by atoms with Gasteiger partial charge in [-0.05, 0) is 25.0 Å². The van der Waals surface area contributed by atoms with E-state index in [9.17, 15) is 15.3 Å². The van der Waals surface area contributed by atoms with Crippen LogP contribution >= 0.6 is 11.3 Å². The van der Waals surface area contributed by atoms with Crippen molar-refractivity contribution >= 4 is 22.4 Å². The third-order valence-electron chi connectivity index (χ3n) is 4.54. The van der Waals surface area contributed by atoms with Crippen LogP contribution < -0.4 is 9.64 Å². The molecule has 0 unspecified atom stereocenters. The van der Waals surface area contributed by atoms with E-state index in [1.165, 1.54) is 21.1 Å². The second-order valence-corrected chi connectivity index (χ2v) is 7.20. The summed E-state index contributed by atoms with van der Waals surface area (Å²) < 4.78 is 10.7. The molecule has 1 amide bonds. The van der Waals surface area contributed by atoms with Crippen molar-refractivity contribution in [1.82, 2.24) is 14.9 Å². The minimum Gasteiger partial charge on any atom is -0.489 e. The van der Waals surface area contributed by atoms with Gasteiger partial charge in [0.2, 0.25) is 0 Å². The smallest absolute Gasteiger partial charge is 0.251 e. The van der Waals surface area contributed by atoms with Crippen LogP contribution in [-0.2, 0) is 9.53 Å². The molecule has 29 heavy (non-hydrogen) atoms. The Labute approximate surface area is 172 Å². The average molecular weight is 412 g/mol. The summed E-state index contributed by atoms with van der Waals surface area (Å²) in [6.07, 6.45) is 3.54. The number of rotatable bonds is 7. The first-order valence-corrected chi connectivity index (χ1v) is 9.89. The zero-order chi connectivity index (χ0) is 20.8. The topological polar surface area (TPSA) is 115 Å². The van der Waals surface area contributed by atoms with Crippen molar-refractivity contribution in [3.8, 4) is 29.4 Å². The molecule has 150 valence electrons. The number of carbonyl (C=O) groups excluding carboxylic acids is 1. The second-order valence-electron chi connectivity index (χ2n) is 6.36. The molecular weight excluding hydrogens is 392 g/mol. The van der Waals surface area contributed by atoms with Crippen LogP contribution in [0.15, 0.2) is 17.5 Å². The van der Waals surface area contributed by atoms with Crippen molar-refractivity contribution in [2.45, 2.75) is 18.9 Å². The fraction of sp³-hybridized carbons (Fsp3) is 0.421. The number of pyridine rings is 1. The van der Waals surface area contributed by atoms with Crippen LogP contribution in [0.3, 0.4) is 0 Å². The molecule has 0 spiro atoms. The number of likely N-dealkylation sites (N-methyl/N-ethyl adjacent to an activating group) is 1. The van der Waals surface area contributed by atoms with E-state index in [1.807, 2.05) is 6.07 Å². The summed E-state index contributed by atoms with van der Waals surface area (Å²) in [5, 5.41) is 20.6. The van der Waals surface area contributed by atoms with Gasteiger partial charge in [-0.15, -0.1) is 11.3 Å². The number of hydrogen-bond donors (Lipinski definition) is 0. The molecule has 0 aliphatic carbocycles. The van der Waals surface area contributed by atoms with Crippen LogP contribution in [0.4, 0.5) is 5.13 Å². The molecule has 0 radical (unpaired) electrons. The van der Waals surface area contributed by atoms with E-state index in [0.29, 0.717) is 48.4 Å². The van der Waals surface area contributed by atoms with Crippen molar-refractivity contribution in [1.29, 1.82) is 10.5 Å². The Morgan fingerprint density at radius 3 is 2.93 bits per heavy atom. The van der Waals surface area contributed by atoms with E-state index in [2.05, 4.69) is 16.2 Å². The summed E-state index contributed by atoms with van der Waals surface area (Å²) in [6.45, 7) is 1.34. The SMILES string of the molecule is COCCOc1ccc(C#N)nc1-c1csc(N(C)C(=O)[C@@H]2CCCN2C#N)n1. The monoisotopic (exact) mass is 412 g/mol. The quantitative estimate of drug-likeness (QED) is 0.501. The highest BCUT2D eigenvalue weighted by Crippen LogP contribution is 2.33. The lowest BCUT2D eigenvalue weighted by atomic mass is 10.2. The van der Waals surface area contributed by atoms with Crippen LogP contribution in [0.25, 0.3) is 11.4 Å². The predicted octanol–water partition coefficient (Wildman–Crippen LogP) is 2.01. The summed E-state index contributed by atoms with van der Waals surface area (Å²) in [5.41, 5.74) is 1.19. The van der Waals surface area contributed by atoms with Crippen molar-refractivity contribution in [2.24, 2.45) is 0 Å². The molecule has 1 aliphatic heterocycles. The van der Waals surface area contributed by atoms with Crippen LogP contribution in [0.5, 0.6) is 5.75 Å². The van der Waals surface area contributed by atoms with Gasteiger partial charge in [-0.3, -0.25) is 14.6 Å². The Balaban J connectivity index is 1.84. The molecule has 1 fully saturated rings. The zero-order valence-corrected chi connectivity index (χ0v) is 17.0. The summed E-state index contributed by atoms with van der Waals surface area (Å²) in [6, 6.07) is 4.81. The van der Waals surface area contributed by atoms with E-state index in [0.717, 1.165) is 6.42 Å². The largest absolute Gasteiger partial charge is 0.489 e. The van der Waals surface area contributed by atoms with Gasteiger partial charge in [0.05, 0.1) is 6.61 Å². The number of ether oxygens (including phenoxy) is 2. The van der Waals surface area contributed by atoms with E-state index < -0.39 is 6.04 Å². The number of aromatic nitrogens is 2. The van der Waals surface area contributed by atoms with Crippen molar-refractivity contribution in [2.75, 3.05) is 38.8 Å². The number of likely N-dealkylation sites (tertiary alicyclic amines) is 1. The molecule has 9 nitrogen and oxygen atoms in total. The lowest BCUT2D eigenvalue weighted by Gasteiger charge is -2.22. The standard InChI is InChI=1S/C19H20N6O3S/c1-24(18(26)15-4-3-7-25(15)12-21)19-23-14(11-29-19)17-16(28-9-8-27-2)6-5-13(10-20)22-17/h5-6,11,15H,3-4,7-9H2,1-2H3/t15-/m0/s1. The summed E-state index contributed by atoms with van der Waals surface area (Å²) in [4.78, 5) is 24.6. The Bertz CT molecular complexity index is 964.